The molecule has 0 rings (SSSR count). The summed E-state index contributed by atoms with van der Waals surface area (Å²) in [7, 11) is 8.39. The molecule has 0 aromatic carbocycles. The van der Waals surface area contributed by atoms with Crippen LogP contribution in [0, 0.1) is 0 Å². The van der Waals surface area contributed by atoms with E-state index < -0.39 is 5.97 Å². The van der Waals surface area contributed by atoms with Gasteiger partial charge in [-0.2, -0.15) is 0 Å². The zero-order chi connectivity index (χ0) is 29.6. The summed E-state index contributed by atoms with van der Waals surface area (Å²) in [5.74, 6) is -1.31. The van der Waals surface area contributed by atoms with Crippen molar-refractivity contribution in [3.8, 4) is 0 Å². The van der Waals surface area contributed by atoms with Crippen LogP contribution in [0.3, 0.4) is 0 Å². The van der Waals surface area contributed by atoms with Crippen molar-refractivity contribution in [2.75, 3.05) is 41.3 Å². The van der Waals surface area contributed by atoms with E-state index >= 15 is 0 Å². The molecule has 5 nitrogen and oxygen atoms in total. The average molecular weight is 658 g/mol. The van der Waals surface area contributed by atoms with Gasteiger partial charge in [-0.15, -0.1) is 0 Å². The molecule has 0 aliphatic heterocycles. The van der Waals surface area contributed by atoms with Gasteiger partial charge in [-0.1, -0.05) is 142 Å². The summed E-state index contributed by atoms with van der Waals surface area (Å²) in [5, 5.41) is 10.3. The van der Waals surface area contributed by atoms with E-state index in [1.165, 1.54) is 153 Å². The minimum absolute atomic E-state index is 0. The van der Waals surface area contributed by atoms with Crippen LogP contribution >= 0.6 is 0 Å². The van der Waals surface area contributed by atoms with Crippen molar-refractivity contribution in [2.45, 2.75) is 168 Å². The number of rotatable bonds is 27. The standard InChI is InChI=1S/C19H42N.C15H29NO3.BrH.Na/c1-5-6-7-8-9-10-11-12-13-14-15-16-17-18-19-20(2,3)4;1-3-4-5-6-7-8-9-10-11-12-14(17)16(2)13-15(18)19;;/h5-19H2,1-4H3;3-13H2,1-2H3,(H,18,19);1H;/q+1;;;+1/p-2. The fraction of sp³-hybridized carbons (Fsp3) is 0.941. The Morgan fingerprint density at radius 3 is 1.15 bits per heavy atom. The number of quaternary nitrogens is 1. The van der Waals surface area contributed by atoms with E-state index in [9.17, 15) is 14.7 Å². The van der Waals surface area contributed by atoms with Gasteiger partial charge in [0.05, 0.1) is 40.2 Å². The van der Waals surface area contributed by atoms with Gasteiger partial charge in [-0.05, 0) is 19.3 Å². The van der Waals surface area contributed by atoms with E-state index in [0.29, 0.717) is 6.42 Å². The van der Waals surface area contributed by atoms with Gasteiger partial charge in [0.2, 0.25) is 5.91 Å². The molecule has 0 heterocycles. The molecule has 0 radical (unpaired) electrons. The number of nitrogens with zero attached hydrogens (tertiary/aromatic N) is 2. The largest absolute Gasteiger partial charge is 1.00 e. The number of halogens is 1. The molecule has 7 heteroatoms. The van der Waals surface area contributed by atoms with Crippen LogP contribution in [0.2, 0.25) is 0 Å². The summed E-state index contributed by atoms with van der Waals surface area (Å²) in [4.78, 5) is 23.1. The Labute approximate surface area is 290 Å². The third kappa shape index (κ3) is 44.9. The second kappa shape index (κ2) is 36.6. The first-order chi connectivity index (χ1) is 18.6. The van der Waals surface area contributed by atoms with Crippen molar-refractivity contribution >= 4 is 11.9 Å². The number of carbonyl (C=O) groups excluding carboxylic acids is 2. The summed E-state index contributed by atoms with van der Waals surface area (Å²) >= 11 is 0. The first-order valence-electron chi connectivity index (χ1n) is 16.9. The zero-order valence-electron chi connectivity index (χ0n) is 28.9. The van der Waals surface area contributed by atoms with Gasteiger partial charge < -0.3 is 36.3 Å². The number of likely N-dealkylation sites (N-methyl/N-ethyl adjacent to an activating group) is 1. The van der Waals surface area contributed by atoms with Crippen LogP contribution in [-0.4, -0.2) is 62.5 Å². The van der Waals surface area contributed by atoms with E-state index in [0.717, 1.165) is 17.3 Å². The van der Waals surface area contributed by atoms with Crippen LogP contribution in [0.5, 0.6) is 0 Å². The molecular weight excluding hydrogens is 587 g/mol. The third-order valence-corrected chi connectivity index (χ3v) is 7.47. The van der Waals surface area contributed by atoms with Gasteiger partial charge in [0.25, 0.3) is 0 Å². The first-order valence-corrected chi connectivity index (χ1v) is 16.9. The zero-order valence-corrected chi connectivity index (χ0v) is 32.5. The van der Waals surface area contributed by atoms with Crippen molar-refractivity contribution in [2.24, 2.45) is 0 Å². The molecule has 0 aliphatic rings. The Kier molecular flexibility index (Phi) is 43.1. The third-order valence-electron chi connectivity index (χ3n) is 7.47. The summed E-state index contributed by atoms with van der Waals surface area (Å²) in [5.41, 5.74) is 0. The van der Waals surface area contributed by atoms with Gasteiger partial charge in [0.1, 0.15) is 0 Å². The van der Waals surface area contributed by atoms with Gasteiger partial charge in [-0.3, -0.25) is 4.79 Å². The van der Waals surface area contributed by atoms with Crippen molar-refractivity contribution < 1.29 is 65.7 Å². The predicted molar refractivity (Wildman–Crippen MR) is 168 cm³/mol. The second-order valence-corrected chi connectivity index (χ2v) is 12.8. The topological polar surface area (TPSA) is 60.4 Å². The molecule has 0 fully saturated rings. The Balaban J connectivity index is -0.000000319. The Hall–Kier alpha value is 0.380. The average Bonchev–Trinajstić information content (AvgIpc) is 2.87. The summed E-state index contributed by atoms with van der Waals surface area (Å²) in [6.07, 6.45) is 31.7. The van der Waals surface area contributed by atoms with Gasteiger partial charge >= 0.3 is 29.6 Å². The number of aliphatic carboxylic acids is 1. The molecule has 242 valence electrons. The van der Waals surface area contributed by atoms with Crippen LogP contribution in [-0.2, 0) is 9.59 Å². The first kappa shape index (κ1) is 48.3. The van der Waals surface area contributed by atoms with E-state index in [1.54, 1.807) is 0 Å². The molecule has 0 saturated carbocycles. The molecule has 0 bridgehead atoms. The van der Waals surface area contributed by atoms with Crippen LogP contribution in [0.15, 0.2) is 0 Å². The Bertz CT molecular complexity index is 545. The van der Waals surface area contributed by atoms with E-state index in [1.807, 2.05) is 0 Å². The minimum atomic E-state index is -1.21. The van der Waals surface area contributed by atoms with E-state index in [2.05, 4.69) is 35.0 Å². The molecule has 0 atom stereocenters. The number of amides is 1. The summed E-state index contributed by atoms with van der Waals surface area (Å²) in [6.45, 7) is 5.53. The molecule has 0 unspecified atom stereocenters. The monoisotopic (exact) mass is 656 g/mol. The molecule has 0 aromatic rings. The summed E-state index contributed by atoms with van der Waals surface area (Å²) < 4.78 is 1.12. The van der Waals surface area contributed by atoms with Crippen LogP contribution in [0.1, 0.15) is 168 Å². The number of carboxylic acid groups (broad SMARTS) is 1. The number of unbranched alkanes of at least 4 members (excludes halogenated alkanes) is 21. The van der Waals surface area contributed by atoms with Crippen molar-refractivity contribution in [1.82, 2.24) is 4.90 Å². The summed E-state index contributed by atoms with van der Waals surface area (Å²) in [6, 6.07) is 0. The molecule has 0 spiro atoms. The Morgan fingerprint density at radius 1 is 0.561 bits per heavy atom. The van der Waals surface area contributed by atoms with Crippen molar-refractivity contribution in [1.29, 1.82) is 0 Å². The van der Waals surface area contributed by atoms with Crippen LogP contribution in [0.4, 0.5) is 0 Å². The number of carboxylic acids is 1. The normalized spacial score (nSPS) is 10.7. The maximum Gasteiger partial charge on any atom is 1.00 e. The fourth-order valence-corrected chi connectivity index (χ4v) is 4.84. The van der Waals surface area contributed by atoms with Gasteiger partial charge in [-0.25, -0.2) is 0 Å². The molecule has 0 saturated heterocycles. The van der Waals surface area contributed by atoms with Crippen LogP contribution < -0.4 is 51.6 Å². The number of hydrogen-bond acceptors (Lipinski definition) is 3. The fourth-order valence-electron chi connectivity index (χ4n) is 4.84. The molecule has 1 amide bonds. The van der Waals surface area contributed by atoms with Crippen LogP contribution in [0.25, 0.3) is 0 Å². The molecule has 0 aliphatic carbocycles. The smallest absolute Gasteiger partial charge is 1.00 e. The van der Waals surface area contributed by atoms with Crippen molar-refractivity contribution in [3.63, 3.8) is 0 Å². The molecule has 0 N–H and O–H groups in total. The Morgan fingerprint density at radius 2 is 0.854 bits per heavy atom. The van der Waals surface area contributed by atoms with Gasteiger partial charge in [0.15, 0.2) is 0 Å². The van der Waals surface area contributed by atoms with E-state index in [4.69, 9.17) is 0 Å². The second-order valence-electron chi connectivity index (χ2n) is 12.8. The van der Waals surface area contributed by atoms with Gasteiger partial charge in [0, 0.05) is 13.5 Å². The number of hydrogen-bond donors (Lipinski definition) is 0. The molecule has 41 heavy (non-hydrogen) atoms. The SMILES string of the molecule is CCCCCCCCCCCC(=O)N(C)CC(=O)[O-].CCCCCCCCCCCCCCCC[N+](C)(C)C.[Br-].[Na+]. The van der Waals surface area contributed by atoms with E-state index in [-0.39, 0.29) is 59.0 Å². The predicted octanol–water partition coefficient (Wildman–Crippen LogP) is 2.30. The number of carbonyl (C=O) groups is 2. The minimum Gasteiger partial charge on any atom is -1.00 e. The van der Waals surface area contributed by atoms with Crippen molar-refractivity contribution in [3.05, 3.63) is 0 Å². The maximum atomic E-state index is 11.5. The maximum absolute atomic E-state index is 11.5. The molecular formula is C34H70BrN2NaO3. The molecule has 0 aromatic heterocycles. The quantitative estimate of drug-likeness (QED) is 0.0775.